The van der Waals surface area contributed by atoms with Crippen LogP contribution in [0, 0.1) is 22.7 Å². The summed E-state index contributed by atoms with van der Waals surface area (Å²) in [6.45, 7) is 0. The second-order valence-electron chi connectivity index (χ2n) is 2.90. The summed E-state index contributed by atoms with van der Waals surface area (Å²) >= 11 is 0. The molecule has 0 aliphatic heterocycles. The highest BCUT2D eigenvalue weighted by Crippen LogP contribution is 2.11. The lowest BCUT2D eigenvalue weighted by atomic mass is 10.1. The average Bonchev–Trinajstić information content (AvgIpc) is 2.25. The van der Waals surface area contributed by atoms with Gasteiger partial charge in [0.2, 0.25) is 10.0 Å². The number of nitrogens with two attached hydrogens (primary N) is 1. The maximum Gasteiger partial charge on any atom is 0.238 e. The van der Waals surface area contributed by atoms with Gasteiger partial charge in [0.25, 0.3) is 0 Å². The highest BCUT2D eigenvalue weighted by molar-refractivity contribution is 7.89. The molecule has 0 radical (unpaired) electrons. The molecule has 0 amide bonds. The van der Waals surface area contributed by atoms with Crippen LogP contribution in [0.4, 0.5) is 0 Å². The Labute approximate surface area is 93.1 Å². The van der Waals surface area contributed by atoms with E-state index in [9.17, 15) is 8.42 Å². The van der Waals surface area contributed by atoms with Crippen LogP contribution in [0.2, 0.25) is 0 Å². The van der Waals surface area contributed by atoms with Crippen LogP contribution in [0.3, 0.4) is 0 Å². The monoisotopic (exact) mass is 233 g/mol. The Bertz CT molecular complexity index is 585. The van der Waals surface area contributed by atoms with Gasteiger partial charge in [-0.3, -0.25) is 0 Å². The first-order chi connectivity index (χ1) is 7.47. The number of benzene rings is 1. The summed E-state index contributed by atoms with van der Waals surface area (Å²) in [6, 6.07) is 8.96. The summed E-state index contributed by atoms with van der Waals surface area (Å²) in [7, 11) is -3.71. The number of hydrogen-bond acceptors (Lipinski definition) is 4. The van der Waals surface area contributed by atoms with E-state index in [4.69, 9.17) is 15.7 Å². The van der Waals surface area contributed by atoms with E-state index in [1.54, 1.807) is 12.1 Å². The molecule has 0 heterocycles. The summed E-state index contributed by atoms with van der Waals surface area (Å²) in [5.74, 6) is 0. The molecule has 1 rings (SSSR count). The van der Waals surface area contributed by atoms with Crippen molar-refractivity contribution in [2.75, 3.05) is 0 Å². The lowest BCUT2D eigenvalue weighted by molar-refractivity contribution is 0.598. The normalized spacial score (nSPS) is 9.94. The van der Waals surface area contributed by atoms with Crippen LogP contribution in [-0.2, 0) is 10.0 Å². The Morgan fingerprint density at radius 3 is 2.06 bits per heavy atom. The Morgan fingerprint density at radius 1 is 1.19 bits per heavy atom. The van der Waals surface area contributed by atoms with Crippen molar-refractivity contribution in [2.45, 2.75) is 4.90 Å². The van der Waals surface area contributed by atoms with E-state index in [1.165, 1.54) is 30.3 Å². The van der Waals surface area contributed by atoms with Gasteiger partial charge < -0.3 is 0 Å². The van der Waals surface area contributed by atoms with E-state index in [-0.39, 0.29) is 10.5 Å². The van der Waals surface area contributed by atoms with Crippen molar-refractivity contribution in [3.8, 4) is 12.1 Å². The Hall–Kier alpha value is -2.15. The van der Waals surface area contributed by atoms with Gasteiger partial charge in [0.15, 0.2) is 0 Å². The maximum atomic E-state index is 10.9. The third kappa shape index (κ3) is 2.92. The van der Waals surface area contributed by atoms with Gasteiger partial charge in [-0.05, 0) is 23.8 Å². The number of allylic oxidation sites excluding steroid dienone is 1. The highest BCUT2D eigenvalue weighted by Gasteiger charge is 2.06. The van der Waals surface area contributed by atoms with Gasteiger partial charge in [0, 0.05) is 0 Å². The smallest absolute Gasteiger partial charge is 0.225 e. The number of hydrogen-bond donors (Lipinski definition) is 1. The summed E-state index contributed by atoms with van der Waals surface area (Å²) in [5, 5.41) is 21.9. The molecule has 0 bridgehead atoms. The van der Waals surface area contributed by atoms with Crippen molar-refractivity contribution >= 4 is 16.1 Å². The van der Waals surface area contributed by atoms with Gasteiger partial charge in [-0.25, -0.2) is 13.6 Å². The minimum atomic E-state index is -3.71. The van der Waals surface area contributed by atoms with Crippen molar-refractivity contribution in [2.24, 2.45) is 5.14 Å². The van der Waals surface area contributed by atoms with Crippen molar-refractivity contribution < 1.29 is 8.42 Å². The molecule has 0 unspecified atom stereocenters. The van der Waals surface area contributed by atoms with Crippen LogP contribution in [0.25, 0.3) is 6.08 Å². The van der Waals surface area contributed by atoms with Crippen LogP contribution in [0.15, 0.2) is 34.7 Å². The molecule has 0 fully saturated rings. The fourth-order valence-electron chi connectivity index (χ4n) is 1.01. The standard InChI is InChI=1S/C10H7N3O2S/c11-6-9(7-12)5-8-1-3-10(4-2-8)16(13,14)15/h1-5H,(H2,13,14,15). The van der Waals surface area contributed by atoms with Crippen molar-refractivity contribution in [3.05, 3.63) is 35.4 Å². The van der Waals surface area contributed by atoms with Crippen LogP contribution >= 0.6 is 0 Å². The fraction of sp³-hybridized carbons (Fsp3) is 0. The van der Waals surface area contributed by atoms with E-state index in [1.807, 2.05) is 0 Å². The fourth-order valence-corrected chi connectivity index (χ4v) is 1.53. The molecule has 80 valence electrons. The Balaban J connectivity index is 3.12. The van der Waals surface area contributed by atoms with Crippen LogP contribution in [0.1, 0.15) is 5.56 Å². The molecular weight excluding hydrogens is 226 g/mol. The van der Waals surface area contributed by atoms with Crippen LogP contribution < -0.4 is 5.14 Å². The van der Waals surface area contributed by atoms with Gasteiger partial charge in [-0.2, -0.15) is 10.5 Å². The molecule has 0 atom stereocenters. The van der Waals surface area contributed by atoms with Gasteiger partial charge in [-0.1, -0.05) is 12.1 Å². The molecule has 0 spiro atoms. The predicted molar refractivity (Wildman–Crippen MR) is 57.0 cm³/mol. The lowest BCUT2D eigenvalue weighted by Crippen LogP contribution is -2.11. The number of primary sulfonamides is 1. The van der Waals surface area contributed by atoms with E-state index in [0.717, 1.165) is 0 Å². The van der Waals surface area contributed by atoms with Gasteiger partial charge >= 0.3 is 0 Å². The molecular formula is C10H7N3O2S. The lowest BCUT2D eigenvalue weighted by Gasteiger charge is -1.98. The number of rotatable bonds is 2. The zero-order valence-electron chi connectivity index (χ0n) is 8.08. The minimum Gasteiger partial charge on any atom is -0.225 e. The molecule has 16 heavy (non-hydrogen) atoms. The van der Waals surface area contributed by atoms with Crippen molar-refractivity contribution in [1.82, 2.24) is 0 Å². The third-order valence-corrected chi connectivity index (χ3v) is 2.69. The second kappa shape index (κ2) is 4.58. The molecule has 0 saturated heterocycles. The summed E-state index contributed by atoms with van der Waals surface area (Å²) in [4.78, 5) is -0.0138. The van der Waals surface area contributed by atoms with Gasteiger partial charge in [0.1, 0.15) is 17.7 Å². The molecule has 5 nitrogen and oxygen atoms in total. The van der Waals surface area contributed by atoms with E-state index in [2.05, 4.69) is 0 Å². The first kappa shape index (κ1) is 11.9. The Kier molecular flexibility index (Phi) is 3.41. The van der Waals surface area contributed by atoms with Crippen LogP contribution in [-0.4, -0.2) is 8.42 Å². The molecule has 0 aliphatic carbocycles. The minimum absolute atomic E-state index is 0.0138. The number of sulfonamides is 1. The first-order valence-corrected chi connectivity index (χ1v) is 5.67. The Morgan fingerprint density at radius 2 is 1.69 bits per heavy atom. The quantitative estimate of drug-likeness (QED) is 0.760. The molecule has 0 saturated carbocycles. The number of nitrogens with zero attached hydrogens (tertiary/aromatic N) is 2. The van der Waals surface area contributed by atoms with E-state index < -0.39 is 10.0 Å². The van der Waals surface area contributed by atoms with Crippen LogP contribution in [0.5, 0.6) is 0 Å². The molecule has 2 N–H and O–H groups in total. The first-order valence-electron chi connectivity index (χ1n) is 4.12. The zero-order valence-corrected chi connectivity index (χ0v) is 8.90. The van der Waals surface area contributed by atoms with E-state index in [0.29, 0.717) is 5.56 Å². The van der Waals surface area contributed by atoms with Crippen molar-refractivity contribution in [3.63, 3.8) is 0 Å². The predicted octanol–water partition coefficient (Wildman–Crippen LogP) is 0.765. The molecule has 1 aromatic carbocycles. The third-order valence-electron chi connectivity index (χ3n) is 1.76. The average molecular weight is 233 g/mol. The summed E-state index contributed by atoms with van der Waals surface area (Å²) < 4.78 is 21.9. The number of nitriles is 2. The van der Waals surface area contributed by atoms with Gasteiger partial charge in [-0.15, -0.1) is 0 Å². The largest absolute Gasteiger partial charge is 0.238 e. The molecule has 0 aromatic heterocycles. The van der Waals surface area contributed by atoms with Crippen molar-refractivity contribution in [1.29, 1.82) is 10.5 Å². The highest BCUT2D eigenvalue weighted by atomic mass is 32.2. The van der Waals surface area contributed by atoms with Gasteiger partial charge in [0.05, 0.1) is 4.90 Å². The SMILES string of the molecule is N#CC(C#N)=Cc1ccc(S(N)(=O)=O)cc1. The maximum absolute atomic E-state index is 10.9. The molecule has 6 heteroatoms. The zero-order chi connectivity index (χ0) is 12.2. The summed E-state index contributed by atoms with van der Waals surface area (Å²) in [5.41, 5.74) is 0.508. The summed E-state index contributed by atoms with van der Waals surface area (Å²) in [6.07, 6.45) is 1.35. The molecule has 1 aromatic rings. The topological polar surface area (TPSA) is 108 Å². The molecule has 0 aliphatic rings. The van der Waals surface area contributed by atoms with E-state index >= 15 is 0 Å². The second-order valence-corrected chi connectivity index (χ2v) is 4.46.